The van der Waals surface area contributed by atoms with E-state index in [4.69, 9.17) is 4.74 Å². The molecule has 0 aliphatic rings. The highest BCUT2D eigenvalue weighted by Gasteiger charge is 2.16. The summed E-state index contributed by atoms with van der Waals surface area (Å²) in [6, 6.07) is 5.29. The highest BCUT2D eigenvalue weighted by molar-refractivity contribution is 7.89. The number of hydrogen-bond donors (Lipinski definition) is 2. The lowest BCUT2D eigenvalue weighted by molar-refractivity contribution is 0.321. The molecule has 1 aromatic carbocycles. The summed E-state index contributed by atoms with van der Waals surface area (Å²) in [5.74, 6) is 1.85. The number of nitrogens with one attached hydrogen (secondary N) is 2. The molecule has 0 fully saturated rings. The van der Waals surface area contributed by atoms with Crippen LogP contribution in [0.5, 0.6) is 5.75 Å². The zero-order chi connectivity index (χ0) is 21.7. The van der Waals surface area contributed by atoms with Crippen molar-refractivity contribution < 1.29 is 17.5 Å². The number of sulfonamides is 1. The van der Waals surface area contributed by atoms with Gasteiger partial charge in [-0.15, -0.1) is 0 Å². The molecule has 2 N–H and O–H groups in total. The lowest BCUT2D eigenvalue weighted by atomic mass is 10.3. The van der Waals surface area contributed by atoms with Crippen LogP contribution in [0, 0.1) is 19.7 Å². The molecule has 2 aromatic heterocycles. The minimum Gasteiger partial charge on any atom is -0.491 e. The number of aromatic nitrogens is 4. The number of nitrogens with zero attached hydrogens (tertiary/aromatic N) is 4. The average Bonchev–Trinajstić information content (AvgIpc) is 3.12. The van der Waals surface area contributed by atoms with Gasteiger partial charge in [0, 0.05) is 31.5 Å². The van der Waals surface area contributed by atoms with Gasteiger partial charge in [-0.2, -0.15) is 0 Å². The van der Waals surface area contributed by atoms with Crippen molar-refractivity contribution in [1.29, 1.82) is 0 Å². The molecule has 11 heteroatoms. The summed E-state index contributed by atoms with van der Waals surface area (Å²) >= 11 is 0. The van der Waals surface area contributed by atoms with E-state index in [0.717, 1.165) is 11.9 Å². The van der Waals surface area contributed by atoms with Gasteiger partial charge in [-0.3, -0.25) is 4.57 Å². The van der Waals surface area contributed by atoms with Crippen LogP contribution in [0.25, 0.3) is 5.82 Å². The summed E-state index contributed by atoms with van der Waals surface area (Å²) in [6.45, 7) is 6.00. The first-order valence-corrected chi connectivity index (χ1v) is 10.8. The maximum absolute atomic E-state index is 13.9. The van der Waals surface area contributed by atoms with Crippen LogP contribution in [-0.2, 0) is 10.0 Å². The van der Waals surface area contributed by atoms with Crippen LogP contribution >= 0.6 is 0 Å². The molecule has 0 spiro atoms. The quantitative estimate of drug-likeness (QED) is 0.497. The third kappa shape index (κ3) is 5.10. The fourth-order valence-corrected chi connectivity index (χ4v) is 3.81. The summed E-state index contributed by atoms with van der Waals surface area (Å²) in [7, 11) is -3.86. The molecule has 0 aliphatic heterocycles. The third-order valence-electron chi connectivity index (χ3n) is 4.13. The summed E-state index contributed by atoms with van der Waals surface area (Å²) in [4.78, 5) is 12.7. The number of rotatable bonds is 9. The molecule has 160 valence electrons. The van der Waals surface area contributed by atoms with E-state index in [1.807, 2.05) is 11.5 Å². The van der Waals surface area contributed by atoms with E-state index in [-0.39, 0.29) is 30.3 Å². The Labute approximate surface area is 174 Å². The normalized spacial score (nSPS) is 11.5. The van der Waals surface area contributed by atoms with E-state index in [9.17, 15) is 12.8 Å². The van der Waals surface area contributed by atoms with E-state index < -0.39 is 15.8 Å². The molecule has 0 saturated carbocycles. The minimum absolute atomic E-state index is 0.0150. The molecule has 30 heavy (non-hydrogen) atoms. The highest BCUT2D eigenvalue weighted by Crippen LogP contribution is 2.21. The zero-order valence-electron chi connectivity index (χ0n) is 16.9. The highest BCUT2D eigenvalue weighted by atomic mass is 32.2. The van der Waals surface area contributed by atoms with Crippen molar-refractivity contribution in [2.24, 2.45) is 0 Å². The molecule has 0 saturated heterocycles. The fourth-order valence-electron chi connectivity index (χ4n) is 2.77. The van der Waals surface area contributed by atoms with Crippen LogP contribution in [0.3, 0.4) is 0 Å². The lowest BCUT2D eigenvalue weighted by Crippen LogP contribution is -2.29. The van der Waals surface area contributed by atoms with Gasteiger partial charge in [-0.1, -0.05) is 0 Å². The van der Waals surface area contributed by atoms with E-state index in [0.29, 0.717) is 17.5 Å². The molecular weight excluding hydrogens is 411 g/mol. The summed E-state index contributed by atoms with van der Waals surface area (Å²) < 4.78 is 48.1. The first-order chi connectivity index (χ1) is 14.3. The fraction of sp³-hybridized carbons (Fsp3) is 0.316. The van der Waals surface area contributed by atoms with Gasteiger partial charge in [0.05, 0.1) is 11.5 Å². The second-order valence-electron chi connectivity index (χ2n) is 6.35. The van der Waals surface area contributed by atoms with Crippen molar-refractivity contribution in [2.75, 3.05) is 25.0 Å². The number of ether oxygens (including phenoxy) is 1. The van der Waals surface area contributed by atoms with Crippen LogP contribution < -0.4 is 14.8 Å². The second-order valence-corrected chi connectivity index (χ2v) is 8.12. The van der Waals surface area contributed by atoms with Gasteiger partial charge in [0.15, 0.2) is 11.6 Å². The Morgan fingerprint density at radius 2 is 1.97 bits per heavy atom. The van der Waals surface area contributed by atoms with Crippen LogP contribution in [0.15, 0.2) is 41.6 Å². The Bertz CT molecular complexity index is 1130. The molecule has 0 aliphatic carbocycles. The van der Waals surface area contributed by atoms with E-state index >= 15 is 0 Å². The van der Waals surface area contributed by atoms with E-state index in [1.54, 1.807) is 32.3 Å². The van der Waals surface area contributed by atoms with Gasteiger partial charge in [0.2, 0.25) is 10.0 Å². The summed E-state index contributed by atoms with van der Waals surface area (Å²) in [5, 5.41) is 3.06. The first-order valence-electron chi connectivity index (χ1n) is 9.32. The van der Waals surface area contributed by atoms with Crippen LogP contribution in [-0.4, -0.2) is 47.6 Å². The van der Waals surface area contributed by atoms with Crippen molar-refractivity contribution in [3.05, 3.63) is 54.1 Å². The third-order valence-corrected chi connectivity index (χ3v) is 5.59. The number of aryl methyl sites for hydroxylation is 2. The standard InChI is InChI=1S/C19H23FN6O3S/c1-4-29-17-6-5-15(11-16(17)20)30(27,28)23-8-7-22-18-12-19(25-13(2)24-18)26-10-9-21-14(26)3/h5-6,9-12,23H,4,7-8H2,1-3H3,(H,22,24,25). The Balaban J connectivity index is 1.61. The van der Waals surface area contributed by atoms with Crippen LogP contribution in [0.4, 0.5) is 10.2 Å². The SMILES string of the molecule is CCOc1ccc(S(=O)(=O)NCCNc2cc(-n3ccnc3C)nc(C)n2)cc1F. The van der Waals surface area contributed by atoms with Gasteiger partial charge in [-0.05, 0) is 39.0 Å². The van der Waals surface area contributed by atoms with Gasteiger partial charge < -0.3 is 10.1 Å². The topological polar surface area (TPSA) is 111 Å². The van der Waals surface area contributed by atoms with Crippen molar-refractivity contribution in [1.82, 2.24) is 24.2 Å². The molecule has 3 aromatic rings. The Kier molecular flexibility index (Phi) is 6.63. The number of halogens is 1. The van der Waals surface area contributed by atoms with Gasteiger partial charge in [-0.25, -0.2) is 32.5 Å². The zero-order valence-corrected chi connectivity index (χ0v) is 17.7. The molecule has 0 radical (unpaired) electrons. The number of imidazole rings is 1. The molecule has 2 heterocycles. The predicted octanol–water partition coefficient (Wildman–Crippen LogP) is 2.21. The Hall–Kier alpha value is -3.05. The lowest BCUT2D eigenvalue weighted by Gasteiger charge is -2.11. The van der Waals surface area contributed by atoms with Crippen molar-refractivity contribution in [3.63, 3.8) is 0 Å². The molecule has 0 bridgehead atoms. The van der Waals surface area contributed by atoms with Gasteiger partial charge >= 0.3 is 0 Å². The van der Waals surface area contributed by atoms with Crippen LogP contribution in [0.1, 0.15) is 18.6 Å². The number of hydrogen-bond acceptors (Lipinski definition) is 7. The molecule has 9 nitrogen and oxygen atoms in total. The van der Waals surface area contributed by atoms with Gasteiger partial charge in [0.1, 0.15) is 23.3 Å². The van der Waals surface area contributed by atoms with Crippen LogP contribution in [0.2, 0.25) is 0 Å². The monoisotopic (exact) mass is 434 g/mol. The van der Waals surface area contributed by atoms with E-state index in [2.05, 4.69) is 25.0 Å². The molecular formula is C19H23FN6O3S. The van der Waals surface area contributed by atoms with Crippen molar-refractivity contribution in [2.45, 2.75) is 25.7 Å². The van der Waals surface area contributed by atoms with E-state index in [1.165, 1.54) is 12.1 Å². The molecule has 3 rings (SSSR count). The molecule has 0 unspecified atom stereocenters. The largest absolute Gasteiger partial charge is 0.491 e. The number of benzene rings is 1. The summed E-state index contributed by atoms with van der Waals surface area (Å²) in [6.07, 6.45) is 3.48. The number of anilines is 1. The van der Waals surface area contributed by atoms with Gasteiger partial charge in [0.25, 0.3) is 0 Å². The van der Waals surface area contributed by atoms with Crippen molar-refractivity contribution in [3.8, 4) is 11.6 Å². The molecule has 0 amide bonds. The maximum atomic E-state index is 13.9. The smallest absolute Gasteiger partial charge is 0.240 e. The first kappa shape index (κ1) is 21.7. The average molecular weight is 434 g/mol. The molecule has 0 atom stereocenters. The minimum atomic E-state index is -3.86. The Morgan fingerprint density at radius 1 is 1.17 bits per heavy atom. The second kappa shape index (κ2) is 9.18. The predicted molar refractivity (Wildman–Crippen MR) is 110 cm³/mol. The maximum Gasteiger partial charge on any atom is 0.240 e. The van der Waals surface area contributed by atoms with Crippen molar-refractivity contribution >= 4 is 15.8 Å². The Morgan fingerprint density at radius 3 is 2.63 bits per heavy atom. The summed E-state index contributed by atoms with van der Waals surface area (Å²) in [5.41, 5.74) is 0.